The number of carbonyl (C=O) groups excluding carboxylic acids is 1. The molecule has 120 valence electrons. The van der Waals surface area contributed by atoms with Gasteiger partial charge in [-0.1, -0.05) is 62.4 Å². The van der Waals surface area contributed by atoms with Crippen LogP contribution in [-0.2, 0) is 16.0 Å². The van der Waals surface area contributed by atoms with E-state index >= 15 is 0 Å². The molecule has 0 heterocycles. The van der Waals surface area contributed by atoms with Crippen LogP contribution in [-0.4, -0.2) is 23.0 Å². The van der Waals surface area contributed by atoms with Crippen LogP contribution in [0.2, 0.25) is 0 Å². The normalized spacial score (nSPS) is 18.0. The lowest BCUT2D eigenvalue weighted by molar-refractivity contribution is -0.142. The molecular formula is C18H25NO3. The van der Waals surface area contributed by atoms with E-state index < -0.39 is 12.0 Å². The van der Waals surface area contributed by atoms with Crippen LogP contribution >= 0.6 is 0 Å². The maximum atomic E-state index is 12.4. The third-order valence-electron chi connectivity index (χ3n) is 4.37. The molecule has 22 heavy (non-hydrogen) atoms. The maximum Gasteiger partial charge on any atom is 0.326 e. The second-order valence-electron chi connectivity index (χ2n) is 6.13. The molecule has 1 amide bonds. The molecule has 0 spiro atoms. The van der Waals surface area contributed by atoms with Crippen molar-refractivity contribution >= 4 is 11.9 Å². The minimum Gasteiger partial charge on any atom is -0.480 e. The van der Waals surface area contributed by atoms with Gasteiger partial charge in [-0.25, -0.2) is 4.79 Å². The molecule has 1 aromatic rings. The van der Waals surface area contributed by atoms with Crippen LogP contribution in [0.5, 0.6) is 0 Å². The fraction of sp³-hybridized carbons (Fsp3) is 0.556. The molecule has 1 aliphatic carbocycles. The smallest absolute Gasteiger partial charge is 0.326 e. The standard InChI is InChI=1S/C18H25NO3/c20-17(15-11-7-2-1-3-8-12-15)19-16(18(21)22)13-14-9-5-4-6-10-14/h4-6,9-10,15-16H,1-3,7-8,11-13H2,(H,19,20)(H,21,22). The summed E-state index contributed by atoms with van der Waals surface area (Å²) < 4.78 is 0. The zero-order valence-electron chi connectivity index (χ0n) is 13.0. The van der Waals surface area contributed by atoms with Gasteiger partial charge < -0.3 is 10.4 Å². The summed E-state index contributed by atoms with van der Waals surface area (Å²) in [5.41, 5.74) is 0.924. The lowest BCUT2D eigenvalue weighted by Gasteiger charge is -2.22. The van der Waals surface area contributed by atoms with E-state index in [0.29, 0.717) is 6.42 Å². The molecule has 1 fully saturated rings. The molecule has 0 aliphatic heterocycles. The molecule has 0 bridgehead atoms. The van der Waals surface area contributed by atoms with E-state index in [2.05, 4.69) is 5.32 Å². The minimum absolute atomic E-state index is 0.0297. The van der Waals surface area contributed by atoms with Crippen LogP contribution in [0.3, 0.4) is 0 Å². The van der Waals surface area contributed by atoms with E-state index in [9.17, 15) is 14.7 Å². The molecule has 1 aromatic carbocycles. The predicted molar refractivity (Wildman–Crippen MR) is 85.5 cm³/mol. The summed E-state index contributed by atoms with van der Waals surface area (Å²) in [7, 11) is 0. The highest BCUT2D eigenvalue weighted by Gasteiger charge is 2.25. The van der Waals surface area contributed by atoms with E-state index in [1.807, 2.05) is 30.3 Å². The molecular weight excluding hydrogens is 278 g/mol. The number of hydrogen-bond acceptors (Lipinski definition) is 2. The highest BCUT2D eigenvalue weighted by molar-refractivity contribution is 5.85. The number of aliphatic carboxylic acids is 1. The van der Waals surface area contributed by atoms with Gasteiger partial charge in [0.15, 0.2) is 0 Å². The first-order valence-electron chi connectivity index (χ1n) is 8.24. The second-order valence-corrected chi connectivity index (χ2v) is 6.13. The van der Waals surface area contributed by atoms with Gasteiger partial charge in [-0.3, -0.25) is 4.79 Å². The van der Waals surface area contributed by atoms with E-state index in [0.717, 1.165) is 31.2 Å². The monoisotopic (exact) mass is 303 g/mol. The molecule has 0 saturated heterocycles. The van der Waals surface area contributed by atoms with Crippen LogP contribution in [0, 0.1) is 5.92 Å². The van der Waals surface area contributed by atoms with Gasteiger partial charge in [0.2, 0.25) is 5.91 Å². The van der Waals surface area contributed by atoms with Gasteiger partial charge in [-0.15, -0.1) is 0 Å². The van der Waals surface area contributed by atoms with Crippen molar-refractivity contribution < 1.29 is 14.7 Å². The van der Waals surface area contributed by atoms with Gasteiger partial charge in [0.1, 0.15) is 6.04 Å². The van der Waals surface area contributed by atoms with Gasteiger partial charge in [-0.2, -0.15) is 0 Å². The molecule has 0 aromatic heterocycles. The Morgan fingerprint density at radius 3 is 2.23 bits per heavy atom. The van der Waals surface area contributed by atoms with Gasteiger partial charge in [0.25, 0.3) is 0 Å². The van der Waals surface area contributed by atoms with Gasteiger partial charge in [0, 0.05) is 12.3 Å². The van der Waals surface area contributed by atoms with Crippen LogP contribution in [0.1, 0.15) is 50.5 Å². The van der Waals surface area contributed by atoms with Gasteiger partial charge >= 0.3 is 5.97 Å². The average Bonchev–Trinajstić information content (AvgIpc) is 2.47. The number of carboxylic acid groups (broad SMARTS) is 1. The summed E-state index contributed by atoms with van der Waals surface area (Å²) >= 11 is 0. The zero-order valence-corrected chi connectivity index (χ0v) is 13.0. The number of amides is 1. The molecule has 4 heteroatoms. The SMILES string of the molecule is O=C(NC(Cc1ccccc1)C(=O)O)C1CCCCCCC1. The lowest BCUT2D eigenvalue weighted by Crippen LogP contribution is -2.45. The summed E-state index contributed by atoms with van der Waals surface area (Å²) in [6.07, 6.45) is 7.82. The van der Waals surface area contributed by atoms with Crippen LogP contribution in [0.15, 0.2) is 30.3 Å². The Morgan fingerprint density at radius 2 is 1.64 bits per heavy atom. The van der Waals surface area contributed by atoms with Gasteiger partial charge in [0.05, 0.1) is 0 Å². The third kappa shape index (κ3) is 5.17. The number of rotatable bonds is 5. The maximum absolute atomic E-state index is 12.4. The summed E-state index contributed by atoms with van der Waals surface area (Å²) in [4.78, 5) is 23.8. The van der Waals surface area contributed by atoms with E-state index in [1.54, 1.807) is 0 Å². The van der Waals surface area contributed by atoms with Crippen molar-refractivity contribution in [3.63, 3.8) is 0 Å². The molecule has 1 saturated carbocycles. The summed E-state index contributed by atoms with van der Waals surface area (Å²) in [5, 5.41) is 12.1. The Morgan fingerprint density at radius 1 is 1.05 bits per heavy atom. The number of nitrogens with one attached hydrogen (secondary N) is 1. The molecule has 0 radical (unpaired) electrons. The van der Waals surface area contributed by atoms with Crippen molar-refractivity contribution in [3.8, 4) is 0 Å². The highest BCUT2D eigenvalue weighted by atomic mass is 16.4. The summed E-state index contributed by atoms with van der Waals surface area (Å²) in [5.74, 6) is -1.09. The molecule has 1 aliphatic rings. The number of benzene rings is 1. The Hall–Kier alpha value is -1.84. The number of carboxylic acids is 1. The van der Waals surface area contributed by atoms with Crippen molar-refractivity contribution in [1.82, 2.24) is 5.32 Å². The van der Waals surface area contributed by atoms with Crippen molar-refractivity contribution in [2.24, 2.45) is 5.92 Å². The van der Waals surface area contributed by atoms with Crippen molar-refractivity contribution in [3.05, 3.63) is 35.9 Å². The van der Waals surface area contributed by atoms with Crippen LogP contribution in [0.25, 0.3) is 0 Å². The molecule has 1 atom stereocenters. The lowest BCUT2D eigenvalue weighted by atomic mass is 9.90. The Kier molecular flexibility index (Phi) is 6.44. The molecule has 1 unspecified atom stereocenters. The van der Waals surface area contributed by atoms with E-state index in [4.69, 9.17) is 0 Å². The first kappa shape index (κ1) is 16.5. The fourth-order valence-corrected chi connectivity index (χ4v) is 3.06. The molecule has 2 N–H and O–H groups in total. The largest absolute Gasteiger partial charge is 0.480 e. The van der Waals surface area contributed by atoms with Gasteiger partial charge in [-0.05, 0) is 18.4 Å². The van der Waals surface area contributed by atoms with Crippen molar-refractivity contribution in [2.75, 3.05) is 0 Å². The summed E-state index contributed by atoms with van der Waals surface area (Å²) in [6.45, 7) is 0. The molecule has 4 nitrogen and oxygen atoms in total. The third-order valence-corrected chi connectivity index (χ3v) is 4.37. The second kappa shape index (κ2) is 8.57. The predicted octanol–water partition coefficient (Wildman–Crippen LogP) is 3.16. The topological polar surface area (TPSA) is 66.4 Å². The Labute approximate surface area is 131 Å². The number of carbonyl (C=O) groups is 2. The summed E-state index contributed by atoms with van der Waals surface area (Å²) in [6, 6.07) is 8.58. The quantitative estimate of drug-likeness (QED) is 0.878. The van der Waals surface area contributed by atoms with Crippen LogP contribution in [0.4, 0.5) is 0 Å². The van der Waals surface area contributed by atoms with Crippen LogP contribution < -0.4 is 5.32 Å². The van der Waals surface area contributed by atoms with E-state index in [1.165, 1.54) is 19.3 Å². The first-order valence-corrected chi connectivity index (χ1v) is 8.24. The minimum atomic E-state index is -0.969. The Balaban J connectivity index is 1.94. The highest BCUT2D eigenvalue weighted by Crippen LogP contribution is 2.22. The average molecular weight is 303 g/mol. The van der Waals surface area contributed by atoms with E-state index in [-0.39, 0.29) is 11.8 Å². The first-order chi connectivity index (χ1) is 10.7. The fourth-order valence-electron chi connectivity index (χ4n) is 3.06. The molecule has 2 rings (SSSR count). The Bertz CT molecular complexity index is 478. The van der Waals surface area contributed by atoms with Crippen molar-refractivity contribution in [2.45, 2.75) is 57.4 Å². The van der Waals surface area contributed by atoms with Crippen molar-refractivity contribution in [1.29, 1.82) is 0 Å². The zero-order chi connectivity index (χ0) is 15.8. The number of hydrogen-bond donors (Lipinski definition) is 2.